The molecular formula is C16H32O5. The van der Waals surface area contributed by atoms with Gasteiger partial charge in [0.2, 0.25) is 0 Å². The second-order valence-corrected chi connectivity index (χ2v) is 6.45. The van der Waals surface area contributed by atoms with Crippen molar-refractivity contribution in [3.05, 3.63) is 0 Å². The molecule has 0 atom stereocenters. The highest BCUT2D eigenvalue weighted by molar-refractivity contribution is 4.87. The second kappa shape index (κ2) is 9.06. The van der Waals surface area contributed by atoms with Gasteiger partial charge in [0.1, 0.15) is 0 Å². The lowest BCUT2D eigenvalue weighted by atomic mass is 9.83. The quantitative estimate of drug-likeness (QED) is 0.671. The number of hydrogen-bond acceptors (Lipinski definition) is 5. The van der Waals surface area contributed by atoms with E-state index in [2.05, 4.69) is 13.8 Å². The minimum Gasteiger partial charge on any atom is -0.380 e. The number of aliphatic hydroxyl groups is 2. The fourth-order valence-electron chi connectivity index (χ4n) is 2.30. The predicted octanol–water partition coefficient (Wildman–Crippen LogP) is 1.95. The van der Waals surface area contributed by atoms with Crippen molar-refractivity contribution in [2.45, 2.75) is 52.7 Å². The van der Waals surface area contributed by atoms with Crippen LogP contribution in [0.1, 0.15) is 46.5 Å². The fraction of sp³-hybridized carbons (Fsp3) is 1.00. The van der Waals surface area contributed by atoms with Gasteiger partial charge in [-0.1, -0.05) is 27.2 Å². The van der Waals surface area contributed by atoms with Crippen LogP contribution in [-0.2, 0) is 14.2 Å². The highest BCUT2D eigenvalue weighted by Gasteiger charge is 2.40. The first-order chi connectivity index (χ1) is 10.0. The maximum atomic E-state index is 8.11. The monoisotopic (exact) mass is 304 g/mol. The van der Waals surface area contributed by atoms with Gasteiger partial charge in [0.25, 0.3) is 0 Å². The van der Waals surface area contributed by atoms with E-state index in [-0.39, 0.29) is 0 Å². The third kappa shape index (κ3) is 5.83. The van der Waals surface area contributed by atoms with E-state index in [1.165, 1.54) is 0 Å². The minimum atomic E-state index is -1.10. The molecule has 0 saturated carbocycles. The van der Waals surface area contributed by atoms with Crippen LogP contribution in [0.15, 0.2) is 0 Å². The molecule has 0 radical (unpaired) electrons. The van der Waals surface area contributed by atoms with Crippen LogP contribution >= 0.6 is 0 Å². The third-order valence-corrected chi connectivity index (χ3v) is 4.50. The van der Waals surface area contributed by atoms with Crippen LogP contribution in [0.25, 0.3) is 0 Å². The average Bonchev–Trinajstić information content (AvgIpc) is 2.36. The van der Waals surface area contributed by atoms with E-state index in [1.54, 1.807) is 0 Å². The molecule has 2 heterocycles. The molecule has 0 amide bonds. The Labute approximate surface area is 128 Å². The number of ether oxygens (including phenoxy) is 3. The van der Waals surface area contributed by atoms with E-state index in [1.807, 2.05) is 6.92 Å². The summed E-state index contributed by atoms with van der Waals surface area (Å²) in [5.41, 5.74) is 0.638. The summed E-state index contributed by atoms with van der Waals surface area (Å²) in [4.78, 5) is 0. The van der Waals surface area contributed by atoms with Gasteiger partial charge >= 0.3 is 0 Å². The summed E-state index contributed by atoms with van der Waals surface area (Å²) in [7, 11) is 0. The highest BCUT2D eigenvalue weighted by atomic mass is 16.5. The van der Waals surface area contributed by atoms with E-state index >= 15 is 0 Å². The maximum Gasteiger partial charge on any atom is 0.151 e. The number of rotatable bonds is 8. The Bertz CT molecular complexity index is 239. The second-order valence-electron chi connectivity index (χ2n) is 6.45. The Balaban J connectivity index is 0.000000315. The lowest BCUT2D eigenvalue weighted by Gasteiger charge is -2.44. The summed E-state index contributed by atoms with van der Waals surface area (Å²) in [6.45, 7) is 11.5. The van der Waals surface area contributed by atoms with Crippen LogP contribution in [0.4, 0.5) is 0 Å². The Kier molecular flexibility index (Phi) is 8.13. The van der Waals surface area contributed by atoms with Gasteiger partial charge in [-0.3, -0.25) is 0 Å². The van der Waals surface area contributed by atoms with E-state index in [0.29, 0.717) is 17.3 Å². The molecule has 0 aromatic carbocycles. The summed E-state index contributed by atoms with van der Waals surface area (Å²) in [5, 5.41) is 16.2. The van der Waals surface area contributed by atoms with Gasteiger partial charge in [0.15, 0.2) is 6.29 Å². The standard InChI is InChI=1S/C12H22O3.C4H10O2/c1-3-11(5-13-6-11)9-15-10-12(4-2)7-14-8-12;1-2-3-4(5)6/h3-10H2,1-2H3;4-6H,2-3H2,1H3. The van der Waals surface area contributed by atoms with Crippen LogP contribution in [0, 0.1) is 10.8 Å². The molecular weight excluding hydrogens is 272 g/mol. The zero-order chi connectivity index (χ0) is 15.8. The number of hydrogen-bond donors (Lipinski definition) is 2. The van der Waals surface area contributed by atoms with E-state index < -0.39 is 6.29 Å². The molecule has 2 aliphatic rings. The van der Waals surface area contributed by atoms with Crippen LogP contribution in [0.2, 0.25) is 0 Å². The zero-order valence-corrected chi connectivity index (χ0v) is 13.8. The van der Waals surface area contributed by atoms with E-state index in [4.69, 9.17) is 24.4 Å². The maximum absolute atomic E-state index is 8.11. The Morgan fingerprint density at radius 3 is 1.48 bits per heavy atom. The van der Waals surface area contributed by atoms with Crippen molar-refractivity contribution in [1.29, 1.82) is 0 Å². The van der Waals surface area contributed by atoms with Gasteiger partial charge in [-0.25, -0.2) is 0 Å². The minimum absolute atomic E-state index is 0.319. The molecule has 126 valence electrons. The van der Waals surface area contributed by atoms with Gasteiger partial charge in [-0.15, -0.1) is 0 Å². The van der Waals surface area contributed by atoms with Crippen molar-refractivity contribution < 1.29 is 24.4 Å². The molecule has 21 heavy (non-hydrogen) atoms. The predicted molar refractivity (Wildman–Crippen MR) is 81.0 cm³/mol. The SMILES string of the molecule is CCC1(COCC2(CC)COC2)COC1.CCCC(O)O. The number of aliphatic hydroxyl groups excluding tert-OH is 1. The molecule has 0 spiro atoms. The molecule has 2 aliphatic heterocycles. The smallest absolute Gasteiger partial charge is 0.151 e. The summed E-state index contributed by atoms with van der Waals surface area (Å²) < 4.78 is 16.4. The van der Waals surface area contributed by atoms with Gasteiger partial charge in [0, 0.05) is 10.8 Å². The molecule has 2 rings (SSSR count). The largest absolute Gasteiger partial charge is 0.380 e. The van der Waals surface area contributed by atoms with Crippen LogP contribution in [-0.4, -0.2) is 56.1 Å². The molecule has 2 fully saturated rings. The lowest BCUT2D eigenvalue weighted by molar-refractivity contribution is -0.187. The molecule has 5 heteroatoms. The molecule has 0 aromatic heterocycles. The van der Waals surface area contributed by atoms with Crippen molar-refractivity contribution in [3.63, 3.8) is 0 Å². The van der Waals surface area contributed by atoms with Gasteiger partial charge < -0.3 is 24.4 Å². The van der Waals surface area contributed by atoms with Crippen LogP contribution < -0.4 is 0 Å². The molecule has 2 saturated heterocycles. The molecule has 2 N–H and O–H groups in total. The average molecular weight is 304 g/mol. The third-order valence-electron chi connectivity index (χ3n) is 4.50. The Hall–Kier alpha value is -0.200. The summed E-state index contributed by atoms with van der Waals surface area (Å²) in [6.07, 6.45) is 2.53. The zero-order valence-electron chi connectivity index (χ0n) is 13.8. The lowest BCUT2D eigenvalue weighted by Crippen LogP contribution is -2.49. The molecule has 0 aliphatic carbocycles. The first-order valence-electron chi connectivity index (χ1n) is 8.11. The highest BCUT2D eigenvalue weighted by Crippen LogP contribution is 2.35. The van der Waals surface area contributed by atoms with Gasteiger partial charge in [-0.05, 0) is 19.3 Å². The van der Waals surface area contributed by atoms with E-state index in [0.717, 1.165) is 58.9 Å². The summed E-state index contributed by atoms with van der Waals surface area (Å²) >= 11 is 0. The molecule has 5 nitrogen and oxygen atoms in total. The van der Waals surface area contributed by atoms with Crippen molar-refractivity contribution in [2.24, 2.45) is 10.8 Å². The van der Waals surface area contributed by atoms with Crippen LogP contribution in [0.5, 0.6) is 0 Å². The first-order valence-corrected chi connectivity index (χ1v) is 8.11. The Morgan fingerprint density at radius 2 is 1.33 bits per heavy atom. The van der Waals surface area contributed by atoms with E-state index in [9.17, 15) is 0 Å². The first kappa shape index (κ1) is 18.8. The topological polar surface area (TPSA) is 68.2 Å². The van der Waals surface area contributed by atoms with Crippen molar-refractivity contribution in [2.75, 3.05) is 39.6 Å². The van der Waals surface area contributed by atoms with Gasteiger partial charge in [-0.2, -0.15) is 0 Å². The Morgan fingerprint density at radius 1 is 0.905 bits per heavy atom. The van der Waals surface area contributed by atoms with Crippen LogP contribution in [0.3, 0.4) is 0 Å². The van der Waals surface area contributed by atoms with Crippen molar-refractivity contribution in [3.8, 4) is 0 Å². The molecule has 0 unspecified atom stereocenters. The fourth-order valence-corrected chi connectivity index (χ4v) is 2.30. The summed E-state index contributed by atoms with van der Waals surface area (Å²) in [6, 6.07) is 0. The molecule has 0 bridgehead atoms. The van der Waals surface area contributed by atoms with Crippen molar-refractivity contribution >= 4 is 0 Å². The van der Waals surface area contributed by atoms with Crippen molar-refractivity contribution in [1.82, 2.24) is 0 Å². The molecule has 0 aromatic rings. The summed E-state index contributed by atoms with van der Waals surface area (Å²) in [5.74, 6) is 0. The normalized spacial score (nSPS) is 22.0. The van der Waals surface area contributed by atoms with Gasteiger partial charge in [0.05, 0.1) is 39.6 Å².